The normalized spacial score (nSPS) is 20.7. The van der Waals surface area contributed by atoms with Gasteiger partial charge in [0.2, 0.25) is 0 Å². The van der Waals surface area contributed by atoms with Gasteiger partial charge in [-0.3, -0.25) is 15.0 Å². The van der Waals surface area contributed by atoms with E-state index in [1.165, 1.54) is 23.6 Å². The van der Waals surface area contributed by atoms with E-state index in [2.05, 4.69) is 15.2 Å². The van der Waals surface area contributed by atoms with Gasteiger partial charge in [0, 0.05) is 35.3 Å². The van der Waals surface area contributed by atoms with E-state index in [4.69, 9.17) is 21.9 Å². The largest absolute Gasteiger partial charge is 0.383 e. The highest BCUT2D eigenvalue weighted by Gasteiger charge is 2.45. The molecule has 13 heteroatoms. The molecule has 0 aliphatic carbocycles. The molecule has 4 aromatic rings. The average Bonchev–Trinajstić information content (AvgIpc) is 3.64. The highest BCUT2D eigenvalue weighted by molar-refractivity contribution is 6.38. The lowest BCUT2D eigenvalue weighted by Gasteiger charge is -2.39. The number of rotatable bonds is 5. The van der Waals surface area contributed by atoms with Gasteiger partial charge in [-0.1, -0.05) is 0 Å². The number of amidine groups is 1. The van der Waals surface area contributed by atoms with Crippen molar-refractivity contribution < 1.29 is 14.0 Å². The number of aliphatic imine (C=N–C) groups is 1. The van der Waals surface area contributed by atoms with Crippen molar-refractivity contribution in [1.29, 1.82) is 5.41 Å². The van der Waals surface area contributed by atoms with Crippen LogP contribution in [0.1, 0.15) is 54.6 Å². The molecule has 2 bridgehead atoms. The number of anilines is 1. The number of fused-ring (bicyclic) bond motifs is 3. The van der Waals surface area contributed by atoms with Crippen LogP contribution in [-0.4, -0.2) is 65.2 Å². The molecule has 3 aromatic heterocycles. The Bertz CT molecular complexity index is 1680. The van der Waals surface area contributed by atoms with Crippen LogP contribution < -0.4 is 11.5 Å². The fourth-order valence-electron chi connectivity index (χ4n) is 6.08. The van der Waals surface area contributed by atoms with Crippen LogP contribution >= 0.6 is 0 Å². The van der Waals surface area contributed by atoms with Crippen molar-refractivity contribution in [3.8, 4) is 16.8 Å². The Labute approximate surface area is 228 Å². The van der Waals surface area contributed by atoms with Crippen LogP contribution in [-0.2, 0) is 4.79 Å². The van der Waals surface area contributed by atoms with Crippen LogP contribution in [0.15, 0.2) is 47.8 Å². The third-order valence-corrected chi connectivity index (χ3v) is 7.82. The second kappa shape index (κ2) is 9.67. The van der Waals surface area contributed by atoms with Crippen LogP contribution in [0.4, 0.5) is 10.2 Å². The number of piperidine rings is 1. The summed E-state index contributed by atoms with van der Waals surface area (Å²) in [7, 11) is 0. The van der Waals surface area contributed by atoms with E-state index in [1.807, 2.05) is 0 Å². The zero-order valence-corrected chi connectivity index (χ0v) is 21.7. The highest BCUT2D eigenvalue weighted by Crippen LogP contribution is 2.44. The van der Waals surface area contributed by atoms with Crippen molar-refractivity contribution in [1.82, 2.24) is 29.3 Å². The molecule has 0 radical (unpaired) electrons. The number of hydrogen-bond acceptors (Lipinski definition) is 7. The van der Waals surface area contributed by atoms with Crippen LogP contribution in [0.2, 0.25) is 0 Å². The van der Waals surface area contributed by atoms with E-state index >= 15 is 0 Å². The van der Waals surface area contributed by atoms with Crippen LogP contribution in [0.5, 0.6) is 0 Å². The summed E-state index contributed by atoms with van der Waals surface area (Å²) in [5.41, 5.74) is 15.9. The topological polar surface area (TPSA) is 174 Å². The number of nitrogens with zero attached hydrogens (tertiary/aromatic N) is 7. The third-order valence-electron chi connectivity index (χ3n) is 7.82. The summed E-state index contributed by atoms with van der Waals surface area (Å²) in [6.45, 7) is 1.46. The maximum absolute atomic E-state index is 13.4. The molecule has 5 N–H and O–H groups in total. The number of carbonyl (C=O) groups is 2. The molecule has 0 saturated carbocycles. The second-order valence-corrected chi connectivity index (χ2v) is 10.2. The molecule has 6 rings (SSSR count). The first-order valence-electron chi connectivity index (χ1n) is 12.9. The first-order valence-corrected chi connectivity index (χ1v) is 12.9. The number of nitrogens with one attached hydrogen (secondary N) is 1. The van der Waals surface area contributed by atoms with Crippen molar-refractivity contribution >= 4 is 35.3 Å². The predicted molar refractivity (Wildman–Crippen MR) is 146 cm³/mol. The number of halogens is 1. The fourth-order valence-corrected chi connectivity index (χ4v) is 6.08. The Morgan fingerprint density at radius 2 is 1.82 bits per heavy atom. The number of ketones is 1. The molecule has 2 saturated heterocycles. The Hall–Kier alpha value is -4.94. The molecule has 5 heterocycles. The van der Waals surface area contributed by atoms with E-state index in [0.717, 1.165) is 24.7 Å². The van der Waals surface area contributed by atoms with Crippen LogP contribution in [0, 0.1) is 11.2 Å². The van der Waals surface area contributed by atoms with Crippen LogP contribution in [0.25, 0.3) is 22.5 Å². The summed E-state index contributed by atoms with van der Waals surface area (Å²) in [5.74, 6) is -1.03. The van der Waals surface area contributed by atoms with Crippen molar-refractivity contribution in [3.63, 3.8) is 0 Å². The minimum absolute atomic E-state index is 0.0897. The van der Waals surface area contributed by atoms with E-state index < -0.39 is 0 Å². The lowest BCUT2D eigenvalue weighted by molar-refractivity contribution is -0.128. The molecule has 1 aromatic carbocycles. The van der Waals surface area contributed by atoms with Gasteiger partial charge in [0.25, 0.3) is 5.91 Å². The summed E-state index contributed by atoms with van der Waals surface area (Å²) >= 11 is 0. The maximum atomic E-state index is 13.4. The van der Waals surface area contributed by atoms with Gasteiger partial charge in [0.05, 0.1) is 29.3 Å². The summed E-state index contributed by atoms with van der Waals surface area (Å²) in [5, 5.41) is 16.0. The summed E-state index contributed by atoms with van der Waals surface area (Å²) < 4.78 is 16.5. The summed E-state index contributed by atoms with van der Waals surface area (Å²) in [4.78, 5) is 36.1. The number of hydrogen-bond donors (Lipinski definition) is 3. The van der Waals surface area contributed by atoms with Gasteiger partial charge in [-0.25, -0.2) is 19.0 Å². The van der Waals surface area contributed by atoms with Crippen molar-refractivity contribution in [3.05, 3.63) is 59.9 Å². The Balaban J connectivity index is 1.39. The molecule has 2 aliphatic heterocycles. The van der Waals surface area contributed by atoms with Crippen molar-refractivity contribution in [2.24, 2.45) is 10.7 Å². The summed E-state index contributed by atoms with van der Waals surface area (Å²) in [6, 6.07) is 5.81. The van der Waals surface area contributed by atoms with Crippen molar-refractivity contribution in [2.75, 3.05) is 5.73 Å². The number of nitrogen functional groups attached to an aromatic ring is 1. The van der Waals surface area contributed by atoms with E-state index in [0.29, 0.717) is 41.0 Å². The number of carbonyl (C=O) groups excluding carboxylic acids is 2. The minimum Gasteiger partial charge on any atom is -0.383 e. The molecule has 2 atom stereocenters. The number of aromatic nitrogens is 5. The zero-order valence-electron chi connectivity index (χ0n) is 21.7. The predicted octanol–water partition coefficient (Wildman–Crippen LogP) is 2.71. The highest BCUT2D eigenvalue weighted by atomic mass is 19.1. The Kier molecular flexibility index (Phi) is 6.12. The summed E-state index contributed by atoms with van der Waals surface area (Å²) in [6.07, 6.45) is 8.65. The lowest BCUT2D eigenvalue weighted by Crippen LogP contribution is -2.50. The molecular formula is C27H27FN10O2. The third kappa shape index (κ3) is 4.10. The van der Waals surface area contributed by atoms with E-state index in [9.17, 15) is 14.0 Å². The SMILES string of the molecule is CC(=O)c1c(C2CC3CCC(C2)N3C(=O)C(N)=NC=N)nc2c(-c3cnn(-c4ccc(F)cc4)c3)cnn2c1N. The van der Waals surface area contributed by atoms with Crippen molar-refractivity contribution in [2.45, 2.75) is 50.6 Å². The molecule has 2 aliphatic rings. The van der Waals surface area contributed by atoms with E-state index in [1.54, 1.807) is 40.3 Å². The van der Waals surface area contributed by atoms with Gasteiger partial charge in [-0.2, -0.15) is 14.7 Å². The van der Waals surface area contributed by atoms with Gasteiger partial charge in [0.1, 0.15) is 18.0 Å². The van der Waals surface area contributed by atoms with Gasteiger partial charge in [-0.05, 0) is 56.9 Å². The Morgan fingerprint density at radius 3 is 2.48 bits per heavy atom. The Morgan fingerprint density at radius 1 is 1.12 bits per heavy atom. The smallest absolute Gasteiger partial charge is 0.289 e. The molecular weight excluding hydrogens is 515 g/mol. The standard InChI is InChI=1S/C27H27FN10O2/c1-14(39)22-23(15-8-19-6-7-20(9-15)37(19)27(40)24(30)32-13-29)35-26-21(11-34-38(26)25(22)31)16-10-33-36(12-16)18-4-2-17(28)3-5-18/h2-5,10-13,15,19-20H,6-9,31H2,1H3,(H3,29,30,32). The lowest BCUT2D eigenvalue weighted by atomic mass is 9.85. The molecule has 2 unspecified atom stereocenters. The van der Waals surface area contributed by atoms with Gasteiger partial charge in [-0.15, -0.1) is 0 Å². The fraction of sp³-hybridized carbons (Fsp3) is 0.296. The molecule has 0 spiro atoms. The average molecular weight is 543 g/mol. The van der Waals surface area contributed by atoms with E-state index in [-0.39, 0.29) is 47.2 Å². The molecule has 12 nitrogen and oxygen atoms in total. The molecule has 1 amide bonds. The van der Waals surface area contributed by atoms with Gasteiger partial charge in [0.15, 0.2) is 17.3 Å². The number of Topliss-reactive ketones (excluding diaryl/α,β-unsaturated/α-hetero) is 1. The molecule has 204 valence electrons. The number of amides is 1. The minimum atomic E-state index is -0.375. The zero-order chi connectivity index (χ0) is 28.1. The first-order chi connectivity index (χ1) is 19.3. The molecule has 2 fully saturated rings. The quantitative estimate of drug-likeness (QED) is 0.197. The number of nitrogens with two attached hydrogens (primary N) is 2. The number of benzene rings is 1. The molecule has 40 heavy (non-hydrogen) atoms. The van der Waals surface area contributed by atoms with Gasteiger partial charge < -0.3 is 16.4 Å². The first kappa shape index (κ1) is 25.3. The van der Waals surface area contributed by atoms with Crippen LogP contribution in [0.3, 0.4) is 0 Å². The van der Waals surface area contributed by atoms with Gasteiger partial charge >= 0.3 is 0 Å². The second-order valence-electron chi connectivity index (χ2n) is 10.2. The maximum Gasteiger partial charge on any atom is 0.289 e. The monoisotopic (exact) mass is 542 g/mol.